The smallest absolute Gasteiger partial charge is 0.230 e. The molecule has 2 atom stereocenters. The minimum atomic E-state index is -0.324. The summed E-state index contributed by atoms with van der Waals surface area (Å²) in [5.41, 5.74) is 1.28. The number of Topliss-reactive ketones (excluding diaryl/α,β-unsaturated/α-hetero) is 1. The van der Waals surface area contributed by atoms with Gasteiger partial charge in [0.15, 0.2) is 5.78 Å². The second kappa shape index (κ2) is 8.67. The van der Waals surface area contributed by atoms with Crippen molar-refractivity contribution in [1.29, 1.82) is 0 Å². The van der Waals surface area contributed by atoms with Crippen molar-refractivity contribution in [1.82, 2.24) is 5.32 Å². The number of hydrogen-bond donors (Lipinski definition) is 1. The molecule has 23 heavy (non-hydrogen) atoms. The third kappa shape index (κ3) is 4.55. The van der Waals surface area contributed by atoms with E-state index >= 15 is 0 Å². The van der Waals surface area contributed by atoms with E-state index in [1.165, 1.54) is 6.92 Å². The van der Waals surface area contributed by atoms with E-state index in [9.17, 15) is 14.4 Å². The van der Waals surface area contributed by atoms with E-state index in [0.717, 1.165) is 0 Å². The van der Waals surface area contributed by atoms with Crippen molar-refractivity contribution in [3.63, 3.8) is 0 Å². The molecule has 2 rings (SSSR count). The third-order valence-corrected chi connectivity index (χ3v) is 4.46. The van der Waals surface area contributed by atoms with E-state index in [-0.39, 0.29) is 29.4 Å². The summed E-state index contributed by atoms with van der Waals surface area (Å²) < 4.78 is 0. The van der Waals surface area contributed by atoms with Crippen LogP contribution in [0.2, 0.25) is 0 Å². The van der Waals surface area contributed by atoms with Crippen molar-refractivity contribution < 1.29 is 14.4 Å². The van der Waals surface area contributed by atoms with Gasteiger partial charge in [0, 0.05) is 28.7 Å². The summed E-state index contributed by atoms with van der Waals surface area (Å²) in [4.78, 5) is 35.4. The van der Waals surface area contributed by atoms with Gasteiger partial charge in [-0.25, -0.2) is 0 Å². The first-order chi connectivity index (χ1) is 10.9. The third-order valence-electron chi connectivity index (χ3n) is 3.87. The SMILES string of the molecule is CC.CC(=O)c1ccccc1C(=S)C(C)C1CCC(=O)NC1=O. The van der Waals surface area contributed by atoms with Crippen LogP contribution in [-0.4, -0.2) is 22.5 Å². The summed E-state index contributed by atoms with van der Waals surface area (Å²) in [6.07, 6.45) is 0.825. The topological polar surface area (TPSA) is 63.2 Å². The normalized spacial score (nSPS) is 18.3. The van der Waals surface area contributed by atoms with Crippen LogP contribution in [0.25, 0.3) is 0 Å². The summed E-state index contributed by atoms with van der Waals surface area (Å²) in [6.45, 7) is 7.37. The average molecular weight is 333 g/mol. The van der Waals surface area contributed by atoms with Gasteiger partial charge < -0.3 is 0 Å². The number of imide groups is 1. The number of carbonyl (C=O) groups excluding carboxylic acids is 3. The summed E-state index contributed by atoms with van der Waals surface area (Å²) in [7, 11) is 0. The zero-order chi connectivity index (χ0) is 17.6. The lowest BCUT2D eigenvalue weighted by molar-refractivity contribution is -0.136. The second-order valence-electron chi connectivity index (χ2n) is 5.31. The maximum absolute atomic E-state index is 11.9. The predicted molar refractivity (Wildman–Crippen MR) is 94.5 cm³/mol. The fourth-order valence-corrected chi connectivity index (χ4v) is 2.96. The summed E-state index contributed by atoms with van der Waals surface area (Å²) in [6, 6.07) is 7.16. The first-order valence-corrected chi connectivity index (χ1v) is 8.30. The van der Waals surface area contributed by atoms with Gasteiger partial charge in [-0.15, -0.1) is 0 Å². The zero-order valence-electron chi connectivity index (χ0n) is 14.0. The number of hydrogen-bond acceptors (Lipinski definition) is 4. The highest BCUT2D eigenvalue weighted by Gasteiger charge is 2.33. The van der Waals surface area contributed by atoms with E-state index in [4.69, 9.17) is 12.2 Å². The van der Waals surface area contributed by atoms with Gasteiger partial charge in [0.05, 0.1) is 0 Å². The van der Waals surface area contributed by atoms with Crippen molar-refractivity contribution in [3.8, 4) is 0 Å². The van der Waals surface area contributed by atoms with Crippen molar-refractivity contribution in [2.45, 2.75) is 40.5 Å². The lowest BCUT2D eigenvalue weighted by Crippen LogP contribution is -2.44. The highest BCUT2D eigenvalue weighted by molar-refractivity contribution is 7.80. The maximum Gasteiger partial charge on any atom is 0.230 e. The minimum Gasteiger partial charge on any atom is -0.296 e. The van der Waals surface area contributed by atoms with E-state index in [0.29, 0.717) is 28.8 Å². The minimum absolute atomic E-state index is 0.0524. The molecule has 1 aromatic rings. The zero-order valence-corrected chi connectivity index (χ0v) is 14.8. The van der Waals surface area contributed by atoms with Crippen molar-refractivity contribution in [3.05, 3.63) is 35.4 Å². The number of rotatable bonds is 4. The first-order valence-electron chi connectivity index (χ1n) is 7.89. The number of nitrogens with one attached hydrogen (secondary N) is 1. The molecule has 0 aliphatic carbocycles. The maximum atomic E-state index is 11.9. The second-order valence-corrected chi connectivity index (χ2v) is 5.75. The van der Waals surface area contributed by atoms with Crippen LogP contribution in [0.5, 0.6) is 0 Å². The predicted octanol–water partition coefficient (Wildman–Crippen LogP) is 3.32. The Balaban J connectivity index is 0.00000127. The van der Waals surface area contributed by atoms with Gasteiger partial charge in [0.2, 0.25) is 11.8 Å². The quantitative estimate of drug-likeness (QED) is 0.521. The molecule has 0 aromatic heterocycles. The van der Waals surface area contributed by atoms with Gasteiger partial charge in [-0.3, -0.25) is 19.7 Å². The Kier molecular flexibility index (Phi) is 7.23. The summed E-state index contributed by atoms with van der Waals surface area (Å²) in [5, 5.41) is 2.35. The number of piperidine rings is 1. The number of ketones is 1. The Hall–Kier alpha value is -1.88. The van der Waals surface area contributed by atoms with Crippen LogP contribution >= 0.6 is 12.2 Å². The van der Waals surface area contributed by atoms with Crippen molar-refractivity contribution in [2.75, 3.05) is 0 Å². The molecule has 2 unspecified atom stereocenters. The van der Waals surface area contributed by atoms with Gasteiger partial charge in [0.25, 0.3) is 0 Å². The van der Waals surface area contributed by atoms with Crippen molar-refractivity contribution in [2.24, 2.45) is 11.8 Å². The van der Waals surface area contributed by atoms with Gasteiger partial charge in [-0.05, 0) is 18.9 Å². The van der Waals surface area contributed by atoms with Crippen LogP contribution in [0.3, 0.4) is 0 Å². The molecule has 1 aromatic carbocycles. The lowest BCUT2D eigenvalue weighted by Gasteiger charge is -2.27. The van der Waals surface area contributed by atoms with Gasteiger partial charge in [-0.2, -0.15) is 0 Å². The molecule has 0 saturated carbocycles. The Labute approximate surface area is 142 Å². The number of amides is 2. The Morgan fingerprint density at radius 3 is 2.30 bits per heavy atom. The summed E-state index contributed by atoms with van der Waals surface area (Å²) in [5.74, 6) is -1.09. The molecule has 0 spiro atoms. The van der Waals surface area contributed by atoms with Crippen molar-refractivity contribution >= 4 is 34.7 Å². The van der Waals surface area contributed by atoms with Crippen LogP contribution in [0, 0.1) is 11.8 Å². The largest absolute Gasteiger partial charge is 0.296 e. The molecule has 1 saturated heterocycles. The Morgan fingerprint density at radius 2 is 1.78 bits per heavy atom. The fraction of sp³-hybridized carbons (Fsp3) is 0.444. The monoisotopic (exact) mass is 333 g/mol. The average Bonchev–Trinajstić information content (AvgIpc) is 2.55. The highest BCUT2D eigenvalue weighted by atomic mass is 32.1. The fourth-order valence-electron chi connectivity index (χ4n) is 2.62. The van der Waals surface area contributed by atoms with Gasteiger partial charge >= 0.3 is 0 Å². The molecule has 0 bridgehead atoms. The number of benzene rings is 1. The van der Waals surface area contributed by atoms with E-state index < -0.39 is 0 Å². The molecule has 5 heteroatoms. The van der Waals surface area contributed by atoms with Crippen LogP contribution < -0.4 is 5.32 Å². The molecule has 1 fully saturated rings. The molecule has 4 nitrogen and oxygen atoms in total. The van der Waals surface area contributed by atoms with Crippen LogP contribution in [-0.2, 0) is 9.59 Å². The first kappa shape index (κ1) is 19.2. The molecule has 124 valence electrons. The van der Waals surface area contributed by atoms with Crippen LogP contribution in [0.15, 0.2) is 24.3 Å². The summed E-state index contributed by atoms with van der Waals surface area (Å²) >= 11 is 5.50. The van der Waals surface area contributed by atoms with E-state index in [1.54, 1.807) is 18.2 Å². The number of thiocarbonyl (C=S) groups is 1. The molecular weight excluding hydrogens is 310 g/mol. The molecular formula is C18H23NO3S. The Morgan fingerprint density at radius 1 is 1.22 bits per heavy atom. The number of carbonyl (C=O) groups is 3. The molecule has 1 heterocycles. The van der Waals surface area contributed by atoms with Gasteiger partial charge in [0.1, 0.15) is 0 Å². The lowest BCUT2D eigenvalue weighted by atomic mass is 9.81. The molecule has 1 aliphatic rings. The van der Waals surface area contributed by atoms with Crippen LogP contribution in [0.4, 0.5) is 0 Å². The molecule has 2 amide bonds. The highest BCUT2D eigenvalue weighted by Crippen LogP contribution is 2.26. The molecule has 0 radical (unpaired) electrons. The standard InChI is InChI=1S/C16H17NO3S.C2H6/c1-9(11-7-8-14(19)17-16(11)20)15(21)13-6-4-3-5-12(13)10(2)18;1-2/h3-6,9,11H,7-8H2,1-2H3,(H,17,19,20);1-2H3. The molecule has 1 N–H and O–H groups in total. The van der Waals surface area contributed by atoms with Crippen LogP contribution in [0.1, 0.15) is 56.5 Å². The molecule has 1 aliphatic heterocycles. The Bertz CT molecular complexity index is 624. The van der Waals surface area contributed by atoms with E-state index in [1.807, 2.05) is 26.8 Å². The van der Waals surface area contributed by atoms with Gasteiger partial charge in [-0.1, -0.05) is 57.3 Å². The van der Waals surface area contributed by atoms with E-state index in [2.05, 4.69) is 5.32 Å².